The fraction of sp³-hybridized carbons (Fsp3) is 0.786. The molecule has 0 spiro atoms. The third kappa shape index (κ3) is 1.59. The lowest BCUT2D eigenvalue weighted by Gasteiger charge is -2.57. The number of aromatic nitrogens is 2. The lowest BCUT2D eigenvalue weighted by molar-refractivity contribution is -0.0526. The molecular weight excluding hydrogens is 210 g/mol. The minimum absolute atomic E-state index is 0.574. The average Bonchev–Trinajstić information content (AvgIpc) is 2.60. The van der Waals surface area contributed by atoms with Crippen LogP contribution in [0.2, 0.25) is 0 Å². The Labute approximate surface area is 102 Å². The van der Waals surface area contributed by atoms with E-state index in [2.05, 4.69) is 9.97 Å². The summed E-state index contributed by atoms with van der Waals surface area (Å²) in [5.74, 6) is 3.66. The molecule has 1 heterocycles. The van der Waals surface area contributed by atoms with Gasteiger partial charge in [0.1, 0.15) is 0 Å². The van der Waals surface area contributed by atoms with Crippen molar-refractivity contribution in [3.05, 3.63) is 11.9 Å². The number of anilines is 1. The van der Waals surface area contributed by atoms with E-state index < -0.39 is 0 Å². The number of nitrogens with one attached hydrogen (secondary N) is 1. The number of nitrogen functional groups attached to an aromatic ring is 1. The van der Waals surface area contributed by atoms with E-state index >= 15 is 0 Å². The molecule has 1 aromatic heterocycles. The molecule has 0 aromatic carbocycles. The van der Waals surface area contributed by atoms with Gasteiger partial charge in [0.15, 0.2) is 5.95 Å². The molecule has 3 N–H and O–H groups in total. The van der Waals surface area contributed by atoms with Crippen LogP contribution in [0.15, 0.2) is 6.20 Å². The molecule has 4 saturated carbocycles. The quantitative estimate of drug-likeness (QED) is 0.822. The van der Waals surface area contributed by atoms with E-state index in [1.807, 2.05) is 6.20 Å². The van der Waals surface area contributed by atoms with Crippen LogP contribution in [-0.2, 0) is 6.42 Å². The van der Waals surface area contributed by atoms with Crippen molar-refractivity contribution in [1.82, 2.24) is 9.97 Å². The summed E-state index contributed by atoms with van der Waals surface area (Å²) in [6, 6.07) is 0. The number of hydrogen-bond acceptors (Lipinski definition) is 2. The highest BCUT2D eigenvalue weighted by Gasteiger charge is 2.50. The van der Waals surface area contributed by atoms with Gasteiger partial charge in [0.2, 0.25) is 0 Å². The Bertz CT molecular complexity index is 399. The molecule has 0 amide bonds. The van der Waals surface area contributed by atoms with E-state index in [4.69, 9.17) is 5.73 Å². The molecule has 1 aromatic rings. The summed E-state index contributed by atoms with van der Waals surface area (Å²) in [6.45, 7) is 0. The largest absolute Gasteiger partial charge is 0.369 e. The zero-order valence-corrected chi connectivity index (χ0v) is 10.3. The maximum absolute atomic E-state index is 5.68. The highest BCUT2D eigenvalue weighted by Crippen LogP contribution is 2.60. The number of H-pyrrole nitrogens is 1. The first-order chi connectivity index (χ1) is 8.21. The number of imidazole rings is 1. The van der Waals surface area contributed by atoms with Crippen molar-refractivity contribution in [2.45, 2.75) is 44.9 Å². The average molecular weight is 231 g/mol. The van der Waals surface area contributed by atoms with E-state index in [1.165, 1.54) is 50.6 Å². The van der Waals surface area contributed by atoms with Gasteiger partial charge < -0.3 is 10.7 Å². The molecule has 4 aliphatic carbocycles. The molecule has 3 heteroatoms. The minimum atomic E-state index is 0.574. The van der Waals surface area contributed by atoms with Gasteiger partial charge in [0, 0.05) is 5.69 Å². The standard InChI is InChI=1S/C14H21N3/c15-13-16-8-12(17-13)7-14-4-9-1-10(5-14)3-11(2-9)6-14/h8-11H,1-7H2,(H3,15,16,17). The zero-order chi connectivity index (χ0) is 11.5. The predicted octanol–water partition coefficient (Wildman–Crippen LogP) is 2.75. The van der Waals surface area contributed by atoms with Gasteiger partial charge in [-0.05, 0) is 68.1 Å². The van der Waals surface area contributed by atoms with Gasteiger partial charge in [-0.15, -0.1) is 0 Å². The highest BCUT2D eigenvalue weighted by atomic mass is 15.0. The molecule has 4 bridgehead atoms. The first kappa shape index (κ1) is 9.98. The van der Waals surface area contributed by atoms with Crippen molar-refractivity contribution in [2.24, 2.45) is 23.2 Å². The maximum Gasteiger partial charge on any atom is 0.197 e. The second-order valence-electron chi connectivity index (χ2n) is 6.89. The van der Waals surface area contributed by atoms with Crippen LogP contribution in [0.1, 0.15) is 44.2 Å². The number of rotatable bonds is 2. The molecule has 3 nitrogen and oxygen atoms in total. The fourth-order valence-electron chi connectivity index (χ4n) is 5.38. The van der Waals surface area contributed by atoms with Crippen LogP contribution >= 0.6 is 0 Å². The topological polar surface area (TPSA) is 54.7 Å². The summed E-state index contributed by atoms with van der Waals surface area (Å²) in [6.07, 6.45) is 12.0. The fourth-order valence-corrected chi connectivity index (χ4v) is 5.38. The Morgan fingerprint density at radius 1 is 1.18 bits per heavy atom. The molecule has 0 unspecified atom stereocenters. The molecule has 92 valence electrons. The van der Waals surface area contributed by atoms with Crippen LogP contribution in [0, 0.1) is 23.2 Å². The molecular formula is C14H21N3. The number of hydrogen-bond donors (Lipinski definition) is 2. The Balaban J connectivity index is 1.60. The van der Waals surface area contributed by atoms with Crippen LogP contribution in [0.3, 0.4) is 0 Å². The van der Waals surface area contributed by atoms with Gasteiger partial charge in [0.25, 0.3) is 0 Å². The monoisotopic (exact) mass is 231 g/mol. The van der Waals surface area contributed by atoms with Crippen molar-refractivity contribution >= 4 is 5.95 Å². The number of nitrogens with zero attached hydrogens (tertiary/aromatic N) is 1. The highest BCUT2D eigenvalue weighted by molar-refractivity contribution is 5.20. The van der Waals surface area contributed by atoms with E-state index in [0.29, 0.717) is 11.4 Å². The van der Waals surface area contributed by atoms with E-state index in [-0.39, 0.29) is 0 Å². The third-order valence-corrected chi connectivity index (χ3v) is 5.38. The van der Waals surface area contributed by atoms with Gasteiger partial charge in [-0.1, -0.05) is 0 Å². The van der Waals surface area contributed by atoms with E-state index in [0.717, 1.165) is 17.8 Å². The molecule has 4 fully saturated rings. The normalized spacial score (nSPS) is 43.2. The lowest BCUT2D eigenvalue weighted by atomic mass is 9.48. The molecule has 0 saturated heterocycles. The van der Waals surface area contributed by atoms with Gasteiger partial charge in [-0.3, -0.25) is 0 Å². The van der Waals surface area contributed by atoms with Crippen LogP contribution in [0.5, 0.6) is 0 Å². The minimum Gasteiger partial charge on any atom is -0.369 e. The van der Waals surface area contributed by atoms with Crippen molar-refractivity contribution in [3.8, 4) is 0 Å². The molecule has 5 rings (SSSR count). The molecule has 0 aliphatic heterocycles. The van der Waals surface area contributed by atoms with Crippen LogP contribution < -0.4 is 5.73 Å². The Kier molecular flexibility index (Phi) is 1.92. The summed E-state index contributed by atoms with van der Waals surface area (Å²) >= 11 is 0. The lowest BCUT2D eigenvalue weighted by Crippen LogP contribution is -2.47. The van der Waals surface area contributed by atoms with Crippen molar-refractivity contribution in [3.63, 3.8) is 0 Å². The molecule has 0 radical (unpaired) electrons. The summed E-state index contributed by atoms with van der Waals surface area (Å²) < 4.78 is 0. The van der Waals surface area contributed by atoms with Crippen molar-refractivity contribution < 1.29 is 0 Å². The predicted molar refractivity (Wildman–Crippen MR) is 67.3 cm³/mol. The SMILES string of the molecule is Nc1ncc(CC23CC4CC(CC(C4)C2)C3)[nH]1. The van der Waals surface area contributed by atoms with Gasteiger partial charge in [0.05, 0.1) is 6.20 Å². The summed E-state index contributed by atoms with van der Waals surface area (Å²) in [5, 5.41) is 0. The Morgan fingerprint density at radius 3 is 2.24 bits per heavy atom. The number of nitrogens with two attached hydrogens (primary N) is 1. The maximum atomic E-state index is 5.68. The smallest absolute Gasteiger partial charge is 0.197 e. The molecule has 4 aliphatic rings. The first-order valence-electron chi connectivity index (χ1n) is 7.00. The molecule has 17 heavy (non-hydrogen) atoms. The summed E-state index contributed by atoms with van der Waals surface area (Å²) in [7, 11) is 0. The van der Waals surface area contributed by atoms with Gasteiger partial charge >= 0.3 is 0 Å². The number of aromatic amines is 1. The van der Waals surface area contributed by atoms with Crippen LogP contribution in [-0.4, -0.2) is 9.97 Å². The molecule has 0 atom stereocenters. The van der Waals surface area contributed by atoms with Gasteiger partial charge in [-0.25, -0.2) is 4.98 Å². The third-order valence-electron chi connectivity index (χ3n) is 5.38. The van der Waals surface area contributed by atoms with E-state index in [1.54, 1.807) is 0 Å². The van der Waals surface area contributed by atoms with Crippen LogP contribution in [0.4, 0.5) is 5.95 Å². The second kappa shape index (κ2) is 3.27. The Hall–Kier alpha value is -0.990. The summed E-state index contributed by atoms with van der Waals surface area (Å²) in [5.41, 5.74) is 7.52. The van der Waals surface area contributed by atoms with E-state index in [9.17, 15) is 0 Å². The van der Waals surface area contributed by atoms with Crippen LogP contribution in [0.25, 0.3) is 0 Å². The van der Waals surface area contributed by atoms with Crippen molar-refractivity contribution in [2.75, 3.05) is 5.73 Å². The zero-order valence-electron chi connectivity index (χ0n) is 10.3. The first-order valence-corrected chi connectivity index (χ1v) is 7.00. The second-order valence-corrected chi connectivity index (χ2v) is 6.89. The summed E-state index contributed by atoms with van der Waals surface area (Å²) in [4.78, 5) is 7.35. The van der Waals surface area contributed by atoms with Gasteiger partial charge in [-0.2, -0.15) is 0 Å². The van der Waals surface area contributed by atoms with Crippen molar-refractivity contribution in [1.29, 1.82) is 0 Å². The Morgan fingerprint density at radius 2 is 1.76 bits per heavy atom.